The van der Waals surface area contributed by atoms with Gasteiger partial charge in [0.1, 0.15) is 12.0 Å². The van der Waals surface area contributed by atoms with Gasteiger partial charge in [0.25, 0.3) is 0 Å². The van der Waals surface area contributed by atoms with Crippen LogP contribution in [-0.2, 0) is 20.7 Å². The molecule has 2 aromatic rings. The summed E-state index contributed by atoms with van der Waals surface area (Å²) in [6, 6.07) is 16.9. The second kappa shape index (κ2) is 10.8. The molecule has 0 aromatic heterocycles. The first kappa shape index (κ1) is 22.6. The third kappa shape index (κ3) is 5.43. The van der Waals surface area contributed by atoms with Crippen molar-refractivity contribution >= 4 is 11.7 Å². The van der Waals surface area contributed by atoms with Crippen LogP contribution in [0.15, 0.2) is 48.5 Å². The first-order valence-electron chi connectivity index (χ1n) is 11.6. The van der Waals surface area contributed by atoms with Gasteiger partial charge in [-0.1, -0.05) is 37.1 Å². The van der Waals surface area contributed by atoms with E-state index in [1.807, 2.05) is 12.1 Å². The lowest BCUT2D eigenvalue weighted by atomic mass is 9.99. The van der Waals surface area contributed by atoms with Gasteiger partial charge in [-0.2, -0.15) is 0 Å². The van der Waals surface area contributed by atoms with Crippen LogP contribution in [0.5, 0.6) is 5.75 Å². The van der Waals surface area contributed by atoms with E-state index in [2.05, 4.69) is 46.6 Å². The zero-order valence-electron chi connectivity index (χ0n) is 19.1. The molecule has 1 heterocycles. The fraction of sp³-hybridized carbons (Fsp3) is 0.500. The third-order valence-corrected chi connectivity index (χ3v) is 6.53. The zero-order chi connectivity index (χ0) is 22.3. The van der Waals surface area contributed by atoms with Crippen molar-refractivity contribution in [2.45, 2.75) is 56.9 Å². The normalized spacial score (nSPS) is 21.5. The highest BCUT2D eigenvalue weighted by Gasteiger charge is 2.35. The van der Waals surface area contributed by atoms with Crippen molar-refractivity contribution in [3.8, 4) is 5.75 Å². The van der Waals surface area contributed by atoms with E-state index in [-0.39, 0.29) is 18.2 Å². The Bertz CT molecular complexity index is 862. The number of nitrogens with one attached hydrogen (secondary N) is 1. The Hall–Kier alpha value is -2.57. The SMILES string of the molecule is COC(=O)CCc1ccc(N2CCN[C@@H](OC3CCCC3)C2c2ccc(OC)cc2)cc1. The van der Waals surface area contributed by atoms with Crippen molar-refractivity contribution < 1.29 is 19.0 Å². The maximum absolute atomic E-state index is 11.5. The summed E-state index contributed by atoms with van der Waals surface area (Å²) in [6.45, 7) is 1.76. The van der Waals surface area contributed by atoms with Crippen molar-refractivity contribution in [1.29, 1.82) is 0 Å². The fourth-order valence-electron chi connectivity index (χ4n) is 4.74. The van der Waals surface area contributed by atoms with E-state index in [1.54, 1.807) is 7.11 Å². The van der Waals surface area contributed by atoms with E-state index < -0.39 is 0 Å². The number of nitrogens with zero attached hydrogens (tertiary/aromatic N) is 1. The molecule has 1 aliphatic carbocycles. The lowest BCUT2D eigenvalue weighted by Crippen LogP contribution is -2.55. The molecule has 172 valence electrons. The van der Waals surface area contributed by atoms with Crippen LogP contribution in [-0.4, -0.2) is 45.6 Å². The molecule has 32 heavy (non-hydrogen) atoms. The Balaban J connectivity index is 1.56. The molecule has 0 spiro atoms. The van der Waals surface area contributed by atoms with Crippen LogP contribution in [0.3, 0.4) is 0 Å². The minimum atomic E-state index is -0.178. The Morgan fingerprint density at radius 3 is 2.41 bits per heavy atom. The van der Waals surface area contributed by atoms with E-state index in [0.29, 0.717) is 18.9 Å². The summed E-state index contributed by atoms with van der Waals surface area (Å²) >= 11 is 0. The van der Waals surface area contributed by atoms with Gasteiger partial charge >= 0.3 is 5.97 Å². The van der Waals surface area contributed by atoms with Crippen LogP contribution in [0.2, 0.25) is 0 Å². The lowest BCUT2D eigenvalue weighted by Gasteiger charge is -2.44. The van der Waals surface area contributed by atoms with E-state index in [1.165, 1.54) is 25.5 Å². The average molecular weight is 439 g/mol. The molecule has 1 saturated heterocycles. The maximum atomic E-state index is 11.5. The molecule has 4 rings (SSSR count). The minimum absolute atomic E-state index is 0.0659. The molecule has 2 fully saturated rings. The molecule has 2 atom stereocenters. The number of methoxy groups -OCH3 is 2. The summed E-state index contributed by atoms with van der Waals surface area (Å²) in [5.41, 5.74) is 3.50. The van der Waals surface area contributed by atoms with Gasteiger partial charge < -0.3 is 19.1 Å². The average Bonchev–Trinajstić information content (AvgIpc) is 3.36. The van der Waals surface area contributed by atoms with Gasteiger partial charge in [0.15, 0.2) is 0 Å². The molecule has 0 bridgehead atoms. The molecule has 1 N–H and O–H groups in total. The number of hydrogen-bond acceptors (Lipinski definition) is 6. The number of carbonyl (C=O) groups excluding carboxylic acids is 1. The van der Waals surface area contributed by atoms with E-state index in [0.717, 1.165) is 42.9 Å². The van der Waals surface area contributed by atoms with Gasteiger partial charge in [0.05, 0.1) is 26.4 Å². The van der Waals surface area contributed by atoms with Crippen LogP contribution >= 0.6 is 0 Å². The smallest absolute Gasteiger partial charge is 0.305 e. The van der Waals surface area contributed by atoms with E-state index in [9.17, 15) is 4.79 Å². The molecule has 2 aliphatic rings. The van der Waals surface area contributed by atoms with Gasteiger partial charge in [0.2, 0.25) is 0 Å². The highest BCUT2D eigenvalue weighted by molar-refractivity contribution is 5.69. The van der Waals surface area contributed by atoms with Crippen LogP contribution in [0, 0.1) is 0 Å². The fourth-order valence-corrected chi connectivity index (χ4v) is 4.74. The molecular formula is C26H34N2O4. The van der Waals surface area contributed by atoms with Crippen molar-refractivity contribution in [1.82, 2.24) is 5.32 Å². The van der Waals surface area contributed by atoms with Gasteiger partial charge in [-0.3, -0.25) is 10.1 Å². The van der Waals surface area contributed by atoms with Gasteiger partial charge in [-0.25, -0.2) is 0 Å². The first-order chi connectivity index (χ1) is 15.7. The van der Waals surface area contributed by atoms with Crippen molar-refractivity contribution in [2.24, 2.45) is 0 Å². The molecule has 2 aromatic carbocycles. The highest BCUT2D eigenvalue weighted by atomic mass is 16.5. The number of esters is 1. The van der Waals surface area contributed by atoms with Crippen molar-refractivity contribution in [2.75, 3.05) is 32.2 Å². The molecule has 0 amide bonds. The lowest BCUT2D eigenvalue weighted by molar-refractivity contribution is -0.140. The van der Waals surface area contributed by atoms with Crippen LogP contribution in [0.25, 0.3) is 0 Å². The van der Waals surface area contributed by atoms with Gasteiger partial charge in [-0.15, -0.1) is 0 Å². The maximum Gasteiger partial charge on any atom is 0.305 e. The molecule has 1 aliphatic heterocycles. The molecule has 1 unspecified atom stereocenters. The second-order valence-electron chi connectivity index (χ2n) is 8.57. The predicted octanol–water partition coefficient (Wildman–Crippen LogP) is 4.24. The summed E-state index contributed by atoms with van der Waals surface area (Å²) in [6.07, 6.45) is 6.13. The quantitative estimate of drug-likeness (QED) is 0.622. The Morgan fingerprint density at radius 2 is 1.75 bits per heavy atom. The minimum Gasteiger partial charge on any atom is -0.497 e. The number of piperazine rings is 1. The molecule has 6 heteroatoms. The molecule has 6 nitrogen and oxygen atoms in total. The number of anilines is 1. The number of aryl methyl sites for hydroxylation is 1. The molecule has 0 radical (unpaired) electrons. The Morgan fingerprint density at radius 1 is 1.03 bits per heavy atom. The monoisotopic (exact) mass is 438 g/mol. The number of carbonyl (C=O) groups is 1. The summed E-state index contributed by atoms with van der Waals surface area (Å²) in [5, 5.41) is 3.63. The highest BCUT2D eigenvalue weighted by Crippen LogP contribution is 2.35. The Kier molecular flexibility index (Phi) is 7.66. The summed E-state index contributed by atoms with van der Waals surface area (Å²) in [7, 11) is 3.12. The predicted molar refractivity (Wildman–Crippen MR) is 125 cm³/mol. The van der Waals surface area contributed by atoms with Crippen molar-refractivity contribution in [3.63, 3.8) is 0 Å². The number of rotatable bonds is 8. The topological polar surface area (TPSA) is 60.0 Å². The summed E-state index contributed by atoms with van der Waals surface area (Å²) in [4.78, 5) is 13.9. The zero-order valence-corrected chi connectivity index (χ0v) is 19.1. The summed E-state index contributed by atoms with van der Waals surface area (Å²) < 4.78 is 16.7. The largest absolute Gasteiger partial charge is 0.497 e. The Labute approximate surface area is 190 Å². The van der Waals surface area contributed by atoms with Crippen molar-refractivity contribution in [3.05, 3.63) is 59.7 Å². The summed E-state index contributed by atoms with van der Waals surface area (Å²) in [5.74, 6) is 0.676. The first-order valence-corrected chi connectivity index (χ1v) is 11.6. The standard InChI is InChI=1S/C26H34N2O4/c1-30-22-14-10-20(11-15-22)25-26(32-23-5-3-4-6-23)27-17-18-28(25)21-12-7-19(8-13-21)9-16-24(29)31-2/h7-8,10-15,23,25-27H,3-6,9,16-18H2,1-2H3/t25?,26-/m0/s1. The third-order valence-electron chi connectivity index (χ3n) is 6.53. The van der Waals surface area contributed by atoms with E-state index in [4.69, 9.17) is 14.2 Å². The van der Waals surface area contributed by atoms with Gasteiger partial charge in [-0.05, 0) is 54.7 Å². The van der Waals surface area contributed by atoms with Crippen LogP contribution in [0.4, 0.5) is 5.69 Å². The van der Waals surface area contributed by atoms with Crippen LogP contribution in [0.1, 0.15) is 49.3 Å². The second-order valence-corrected chi connectivity index (χ2v) is 8.57. The van der Waals surface area contributed by atoms with E-state index >= 15 is 0 Å². The number of benzene rings is 2. The molecule has 1 saturated carbocycles. The van der Waals surface area contributed by atoms with Gasteiger partial charge in [0, 0.05) is 25.2 Å². The number of ether oxygens (including phenoxy) is 3. The number of hydrogen-bond donors (Lipinski definition) is 1. The molecular weight excluding hydrogens is 404 g/mol. The van der Waals surface area contributed by atoms with Crippen LogP contribution < -0.4 is 15.0 Å².